The van der Waals surface area contributed by atoms with Gasteiger partial charge in [0.25, 0.3) is 0 Å². The zero-order valence-corrected chi connectivity index (χ0v) is 7.64. The van der Waals surface area contributed by atoms with E-state index in [4.69, 9.17) is 0 Å². The normalized spacial score (nSPS) is 18.8. The topological polar surface area (TPSA) is 20.3 Å². The fourth-order valence-electron chi connectivity index (χ4n) is 1.45. The Morgan fingerprint density at radius 3 is 3.08 bits per heavy atom. The van der Waals surface area contributed by atoms with E-state index in [1.165, 1.54) is 4.88 Å². The van der Waals surface area contributed by atoms with Crippen LogP contribution in [-0.4, -0.2) is 23.8 Å². The average molecular weight is 181 g/mol. The third-order valence-electron chi connectivity index (χ3n) is 2.07. The smallest absolute Gasteiger partial charge is 0.148 e. The van der Waals surface area contributed by atoms with E-state index in [1.807, 2.05) is 0 Å². The van der Waals surface area contributed by atoms with E-state index < -0.39 is 0 Å². The van der Waals surface area contributed by atoms with E-state index in [0.29, 0.717) is 12.3 Å². The average Bonchev–Trinajstić information content (AvgIpc) is 2.63. The molecule has 1 aromatic heterocycles. The van der Waals surface area contributed by atoms with Gasteiger partial charge in [-0.2, -0.15) is 0 Å². The fraction of sp³-hybridized carbons (Fsp3) is 0.444. The molecule has 0 saturated carbocycles. The van der Waals surface area contributed by atoms with Gasteiger partial charge in [-0.05, 0) is 11.4 Å². The highest BCUT2D eigenvalue weighted by Crippen LogP contribution is 2.14. The monoisotopic (exact) mass is 181 g/mol. The van der Waals surface area contributed by atoms with E-state index in [0.717, 1.165) is 19.5 Å². The first-order valence-electron chi connectivity index (χ1n) is 4.11. The van der Waals surface area contributed by atoms with Gasteiger partial charge in [0.15, 0.2) is 0 Å². The first kappa shape index (κ1) is 7.95. The summed E-state index contributed by atoms with van der Waals surface area (Å²) in [5.74, 6) is 0.381. The Morgan fingerprint density at radius 2 is 2.50 bits per heavy atom. The van der Waals surface area contributed by atoms with Gasteiger partial charge in [-0.3, -0.25) is 9.69 Å². The number of Topliss-reactive ketones (excluding diaryl/α,β-unsaturated/α-hetero) is 1. The molecule has 0 N–H and O–H groups in total. The first-order valence-corrected chi connectivity index (χ1v) is 4.99. The van der Waals surface area contributed by atoms with Crippen molar-refractivity contribution in [3.63, 3.8) is 0 Å². The van der Waals surface area contributed by atoms with Crippen LogP contribution >= 0.6 is 11.3 Å². The van der Waals surface area contributed by atoms with Crippen molar-refractivity contribution in [2.75, 3.05) is 13.1 Å². The van der Waals surface area contributed by atoms with E-state index in [1.54, 1.807) is 11.3 Å². The quantitative estimate of drug-likeness (QED) is 0.689. The van der Waals surface area contributed by atoms with Gasteiger partial charge < -0.3 is 0 Å². The SMILES string of the molecule is O=C1CCN(Cc2cccs2)C1. The second-order valence-corrected chi connectivity index (χ2v) is 4.11. The maximum Gasteiger partial charge on any atom is 0.148 e. The Labute approximate surface area is 75.8 Å². The molecule has 1 saturated heterocycles. The van der Waals surface area contributed by atoms with Crippen LogP contribution in [-0.2, 0) is 11.3 Å². The Balaban J connectivity index is 1.92. The van der Waals surface area contributed by atoms with E-state index in [-0.39, 0.29) is 0 Å². The molecule has 2 heterocycles. The summed E-state index contributed by atoms with van der Waals surface area (Å²) in [4.78, 5) is 14.5. The van der Waals surface area contributed by atoms with Crippen molar-refractivity contribution in [3.8, 4) is 0 Å². The molecule has 1 aromatic rings. The maximum absolute atomic E-state index is 10.9. The summed E-state index contributed by atoms with van der Waals surface area (Å²) >= 11 is 1.76. The van der Waals surface area contributed by atoms with Gasteiger partial charge in [0.1, 0.15) is 5.78 Å². The number of rotatable bonds is 2. The molecule has 0 radical (unpaired) electrons. The molecule has 0 bridgehead atoms. The third kappa shape index (κ3) is 1.73. The number of hydrogen-bond donors (Lipinski definition) is 0. The molecule has 0 aromatic carbocycles. The minimum absolute atomic E-state index is 0.381. The molecule has 2 nitrogen and oxygen atoms in total. The summed E-state index contributed by atoms with van der Waals surface area (Å²) in [6.45, 7) is 2.54. The highest BCUT2D eigenvalue weighted by Gasteiger charge is 2.18. The molecule has 0 spiro atoms. The Hall–Kier alpha value is -0.670. The number of carbonyl (C=O) groups is 1. The minimum Gasteiger partial charge on any atom is -0.298 e. The molecule has 3 heteroatoms. The minimum atomic E-state index is 0.381. The Kier molecular flexibility index (Phi) is 2.23. The Bertz CT molecular complexity index is 268. The van der Waals surface area contributed by atoms with E-state index in [2.05, 4.69) is 22.4 Å². The molecule has 12 heavy (non-hydrogen) atoms. The van der Waals surface area contributed by atoms with Crippen LogP contribution < -0.4 is 0 Å². The molecule has 0 amide bonds. The van der Waals surface area contributed by atoms with Crippen LogP contribution in [0.15, 0.2) is 17.5 Å². The number of hydrogen-bond acceptors (Lipinski definition) is 3. The van der Waals surface area contributed by atoms with Crippen molar-refractivity contribution in [2.24, 2.45) is 0 Å². The van der Waals surface area contributed by atoms with Gasteiger partial charge in [-0.1, -0.05) is 6.07 Å². The van der Waals surface area contributed by atoms with E-state index in [9.17, 15) is 4.79 Å². The standard InChI is InChI=1S/C9H11NOS/c11-8-3-4-10(6-8)7-9-2-1-5-12-9/h1-2,5H,3-4,6-7H2. The predicted octanol–water partition coefficient (Wildman–Crippen LogP) is 1.52. The summed E-state index contributed by atoms with van der Waals surface area (Å²) in [5.41, 5.74) is 0. The predicted molar refractivity (Wildman–Crippen MR) is 49.2 cm³/mol. The molecule has 0 aliphatic carbocycles. The highest BCUT2D eigenvalue weighted by atomic mass is 32.1. The van der Waals surface area contributed by atoms with Gasteiger partial charge in [-0.25, -0.2) is 0 Å². The fourth-order valence-corrected chi connectivity index (χ4v) is 2.19. The van der Waals surface area contributed by atoms with Crippen molar-refractivity contribution >= 4 is 17.1 Å². The van der Waals surface area contributed by atoms with Crippen LogP contribution in [0.4, 0.5) is 0 Å². The van der Waals surface area contributed by atoms with E-state index >= 15 is 0 Å². The van der Waals surface area contributed by atoms with Crippen molar-refractivity contribution in [1.82, 2.24) is 4.90 Å². The van der Waals surface area contributed by atoms with Gasteiger partial charge in [0, 0.05) is 24.4 Å². The Morgan fingerprint density at radius 1 is 1.58 bits per heavy atom. The molecule has 1 fully saturated rings. The van der Waals surface area contributed by atoms with Crippen molar-refractivity contribution in [1.29, 1.82) is 0 Å². The van der Waals surface area contributed by atoms with Gasteiger partial charge in [-0.15, -0.1) is 11.3 Å². The van der Waals surface area contributed by atoms with Crippen molar-refractivity contribution in [3.05, 3.63) is 22.4 Å². The number of ketones is 1. The molecular formula is C9H11NOS. The maximum atomic E-state index is 10.9. The summed E-state index contributed by atoms with van der Waals surface area (Å²) < 4.78 is 0. The molecular weight excluding hydrogens is 170 g/mol. The van der Waals surface area contributed by atoms with Crippen LogP contribution in [0.3, 0.4) is 0 Å². The molecule has 0 unspecified atom stereocenters. The summed E-state index contributed by atoms with van der Waals surface area (Å²) in [7, 11) is 0. The van der Waals surface area contributed by atoms with Gasteiger partial charge >= 0.3 is 0 Å². The lowest BCUT2D eigenvalue weighted by molar-refractivity contribution is -0.116. The largest absolute Gasteiger partial charge is 0.298 e. The third-order valence-corrected chi connectivity index (χ3v) is 2.93. The lowest BCUT2D eigenvalue weighted by Crippen LogP contribution is -2.19. The highest BCUT2D eigenvalue weighted by molar-refractivity contribution is 7.09. The van der Waals surface area contributed by atoms with Crippen LogP contribution in [0.25, 0.3) is 0 Å². The number of nitrogens with zero attached hydrogens (tertiary/aromatic N) is 1. The zero-order valence-electron chi connectivity index (χ0n) is 6.82. The van der Waals surface area contributed by atoms with Gasteiger partial charge in [0.05, 0.1) is 6.54 Å². The van der Waals surface area contributed by atoms with Crippen LogP contribution in [0.1, 0.15) is 11.3 Å². The lowest BCUT2D eigenvalue weighted by atomic mass is 10.4. The second-order valence-electron chi connectivity index (χ2n) is 3.08. The first-order chi connectivity index (χ1) is 5.84. The number of carbonyl (C=O) groups excluding carboxylic acids is 1. The molecule has 0 atom stereocenters. The summed E-state index contributed by atoms with van der Waals surface area (Å²) in [6, 6.07) is 4.17. The lowest BCUT2D eigenvalue weighted by Gasteiger charge is -2.10. The van der Waals surface area contributed by atoms with Crippen LogP contribution in [0.5, 0.6) is 0 Å². The van der Waals surface area contributed by atoms with Crippen LogP contribution in [0, 0.1) is 0 Å². The molecule has 1 aliphatic rings. The summed E-state index contributed by atoms with van der Waals surface area (Å²) in [6.07, 6.45) is 0.741. The summed E-state index contributed by atoms with van der Waals surface area (Å²) in [5, 5.41) is 2.08. The van der Waals surface area contributed by atoms with Gasteiger partial charge in [0.2, 0.25) is 0 Å². The van der Waals surface area contributed by atoms with Crippen LogP contribution in [0.2, 0.25) is 0 Å². The number of thiophene rings is 1. The number of likely N-dealkylation sites (tertiary alicyclic amines) is 1. The molecule has 64 valence electrons. The van der Waals surface area contributed by atoms with Crippen molar-refractivity contribution < 1.29 is 4.79 Å². The molecule has 1 aliphatic heterocycles. The van der Waals surface area contributed by atoms with Crippen molar-refractivity contribution in [2.45, 2.75) is 13.0 Å². The zero-order chi connectivity index (χ0) is 8.39. The molecule has 2 rings (SSSR count). The second kappa shape index (κ2) is 3.37.